The van der Waals surface area contributed by atoms with Crippen LogP contribution in [0.25, 0.3) is 0 Å². The largest absolute Gasteiger partial charge is 0.444 e. The molecule has 0 atom stereocenters. The number of anilines is 1. The summed E-state index contributed by atoms with van der Waals surface area (Å²) in [7, 11) is 0. The second-order valence-electron chi connectivity index (χ2n) is 3.70. The highest BCUT2D eigenvalue weighted by Crippen LogP contribution is 2.23. The SMILES string of the molecule is CSc1nnc(NC(=O)OC(C)(C)C)s1. The van der Waals surface area contributed by atoms with E-state index >= 15 is 0 Å². The first-order chi connectivity index (χ1) is 6.90. The first-order valence-corrected chi connectivity index (χ1v) is 6.32. The average molecular weight is 247 g/mol. The number of rotatable bonds is 2. The molecular formula is C8H13N3O2S2. The van der Waals surface area contributed by atoms with Crippen molar-refractivity contribution < 1.29 is 9.53 Å². The van der Waals surface area contributed by atoms with Crippen molar-refractivity contribution in [2.24, 2.45) is 0 Å². The second kappa shape index (κ2) is 4.80. The van der Waals surface area contributed by atoms with E-state index in [0.29, 0.717) is 5.13 Å². The Hall–Kier alpha value is -0.820. The van der Waals surface area contributed by atoms with Crippen molar-refractivity contribution in [3.8, 4) is 0 Å². The smallest absolute Gasteiger partial charge is 0.414 e. The van der Waals surface area contributed by atoms with Gasteiger partial charge in [0.05, 0.1) is 0 Å². The van der Waals surface area contributed by atoms with Gasteiger partial charge in [0.15, 0.2) is 4.34 Å². The van der Waals surface area contributed by atoms with Gasteiger partial charge in [0.1, 0.15) is 5.60 Å². The number of aromatic nitrogens is 2. The van der Waals surface area contributed by atoms with Gasteiger partial charge in [-0.15, -0.1) is 10.2 Å². The van der Waals surface area contributed by atoms with Crippen molar-refractivity contribution in [3.63, 3.8) is 0 Å². The van der Waals surface area contributed by atoms with Crippen LogP contribution in [-0.4, -0.2) is 28.1 Å². The van der Waals surface area contributed by atoms with Crippen LogP contribution in [0.4, 0.5) is 9.93 Å². The molecule has 0 saturated carbocycles. The number of nitrogens with zero attached hydrogens (tertiary/aromatic N) is 2. The third-order valence-electron chi connectivity index (χ3n) is 1.19. The van der Waals surface area contributed by atoms with Crippen LogP contribution in [0.2, 0.25) is 0 Å². The third kappa shape index (κ3) is 4.48. The van der Waals surface area contributed by atoms with Crippen molar-refractivity contribution in [2.45, 2.75) is 30.7 Å². The van der Waals surface area contributed by atoms with Crippen LogP contribution >= 0.6 is 23.1 Å². The topological polar surface area (TPSA) is 64.1 Å². The van der Waals surface area contributed by atoms with Crippen LogP contribution < -0.4 is 5.32 Å². The quantitative estimate of drug-likeness (QED) is 0.643. The normalized spacial score (nSPS) is 11.2. The Bertz CT molecular complexity index is 346. The van der Waals surface area contributed by atoms with E-state index in [1.807, 2.05) is 6.26 Å². The summed E-state index contributed by atoms with van der Waals surface area (Å²) in [6, 6.07) is 0. The number of thioether (sulfide) groups is 1. The van der Waals surface area contributed by atoms with Gasteiger partial charge in [-0.2, -0.15) is 0 Å². The molecule has 1 N–H and O–H groups in total. The molecule has 0 aromatic carbocycles. The van der Waals surface area contributed by atoms with Crippen LogP contribution in [0.1, 0.15) is 20.8 Å². The van der Waals surface area contributed by atoms with Gasteiger partial charge in [-0.3, -0.25) is 5.32 Å². The Morgan fingerprint density at radius 2 is 2.13 bits per heavy atom. The summed E-state index contributed by atoms with van der Waals surface area (Å²) in [5.41, 5.74) is -0.503. The number of carbonyl (C=O) groups excluding carboxylic acids is 1. The van der Waals surface area contributed by atoms with Crippen molar-refractivity contribution in [2.75, 3.05) is 11.6 Å². The fraction of sp³-hybridized carbons (Fsp3) is 0.625. The van der Waals surface area contributed by atoms with Gasteiger partial charge < -0.3 is 4.74 Å². The summed E-state index contributed by atoms with van der Waals surface area (Å²) in [5, 5.41) is 10.6. The molecule has 0 radical (unpaired) electrons. The molecule has 0 saturated heterocycles. The molecule has 15 heavy (non-hydrogen) atoms. The van der Waals surface area contributed by atoms with E-state index in [1.165, 1.54) is 23.1 Å². The monoisotopic (exact) mass is 247 g/mol. The molecule has 1 rings (SSSR count). The Morgan fingerprint density at radius 3 is 2.60 bits per heavy atom. The fourth-order valence-electron chi connectivity index (χ4n) is 0.734. The Kier molecular flexibility index (Phi) is 3.92. The maximum atomic E-state index is 11.3. The highest BCUT2D eigenvalue weighted by Gasteiger charge is 2.17. The van der Waals surface area contributed by atoms with Gasteiger partial charge >= 0.3 is 6.09 Å². The zero-order chi connectivity index (χ0) is 11.5. The molecule has 0 aliphatic rings. The minimum absolute atomic E-state index is 0.452. The molecule has 0 fully saturated rings. The van der Waals surface area contributed by atoms with E-state index in [1.54, 1.807) is 20.8 Å². The highest BCUT2D eigenvalue weighted by atomic mass is 32.2. The van der Waals surface area contributed by atoms with E-state index in [-0.39, 0.29) is 0 Å². The van der Waals surface area contributed by atoms with Gasteiger partial charge in [0.25, 0.3) is 0 Å². The molecule has 0 spiro atoms. The lowest BCUT2D eigenvalue weighted by atomic mass is 10.2. The van der Waals surface area contributed by atoms with Gasteiger partial charge in [-0.25, -0.2) is 4.79 Å². The molecule has 1 aromatic heterocycles. The van der Waals surface area contributed by atoms with E-state index < -0.39 is 11.7 Å². The molecular weight excluding hydrogens is 234 g/mol. The summed E-state index contributed by atoms with van der Waals surface area (Å²) < 4.78 is 5.87. The Labute approximate surface area is 96.6 Å². The third-order valence-corrected chi connectivity index (χ3v) is 3.00. The predicted molar refractivity (Wildman–Crippen MR) is 61.5 cm³/mol. The molecule has 1 amide bonds. The number of carbonyl (C=O) groups is 1. The van der Waals surface area contributed by atoms with Crippen LogP contribution in [-0.2, 0) is 4.74 Å². The zero-order valence-corrected chi connectivity index (χ0v) is 10.7. The number of nitrogens with one attached hydrogen (secondary N) is 1. The predicted octanol–water partition coefficient (Wildman–Crippen LogP) is 2.61. The molecule has 1 aromatic rings. The average Bonchev–Trinajstić information content (AvgIpc) is 2.48. The highest BCUT2D eigenvalue weighted by molar-refractivity contribution is 8.00. The van der Waals surface area contributed by atoms with Crippen LogP contribution in [0.15, 0.2) is 4.34 Å². The first kappa shape index (κ1) is 12.3. The van der Waals surface area contributed by atoms with Crippen LogP contribution in [0, 0.1) is 0 Å². The minimum Gasteiger partial charge on any atom is -0.444 e. The Balaban J connectivity index is 2.51. The number of hydrogen-bond acceptors (Lipinski definition) is 6. The minimum atomic E-state index is -0.508. The van der Waals surface area contributed by atoms with Crippen molar-refractivity contribution in [1.29, 1.82) is 0 Å². The summed E-state index contributed by atoms with van der Waals surface area (Å²) >= 11 is 2.80. The molecule has 5 nitrogen and oxygen atoms in total. The number of amides is 1. The van der Waals surface area contributed by atoms with Crippen LogP contribution in [0.5, 0.6) is 0 Å². The molecule has 84 valence electrons. The van der Waals surface area contributed by atoms with E-state index in [0.717, 1.165) is 4.34 Å². The summed E-state index contributed by atoms with van der Waals surface area (Å²) in [4.78, 5) is 11.3. The van der Waals surface area contributed by atoms with Crippen LogP contribution in [0.3, 0.4) is 0 Å². The van der Waals surface area contributed by atoms with E-state index in [2.05, 4.69) is 15.5 Å². The Morgan fingerprint density at radius 1 is 1.47 bits per heavy atom. The summed E-state index contributed by atoms with van der Waals surface area (Å²) in [6.07, 6.45) is 1.39. The van der Waals surface area contributed by atoms with Gasteiger partial charge in [0.2, 0.25) is 5.13 Å². The number of hydrogen-bond donors (Lipinski definition) is 1. The number of ether oxygens (including phenoxy) is 1. The molecule has 0 bridgehead atoms. The van der Waals surface area contributed by atoms with Crippen molar-refractivity contribution in [3.05, 3.63) is 0 Å². The lowest BCUT2D eigenvalue weighted by Crippen LogP contribution is -2.27. The lowest BCUT2D eigenvalue weighted by molar-refractivity contribution is 0.0636. The maximum Gasteiger partial charge on any atom is 0.414 e. The summed E-state index contributed by atoms with van der Waals surface area (Å²) in [5.74, 6) is 0. The van der Waals surface area contributed by atoms with Gasteiger partial charge in [0, 0.05) is 0 Å². The van der Waals surface area contributed by atoms with Gasteiger partial charge in [-0.1, -0.05) is 23.1 Å². The molecule has 0 aliphatic heterocycles. The standard InChI is InChI=1S/C8H13N3O2S2/c1-8(2,3)13-6(12)9-5-10-11-7(14-4)15-5/h1-4H3,(H,9,10,12). The van der Waals surface area contributed by atoms with Crippen molar-refractivity contribution >= 4 is 34.3 Å². The summed E-state index contributed by atoms with van der Waals surface area (Å²) in [6.45, 7) is 5.42. The van der Waals surface area contributed by atoms with E-state index in [4.69, 9.17) is 4.74 Å². The molecule has 0 aliphatic carbocycles. The molecule has 1 heterocycles. The molecule has 0 unspecified atom stereocenters. The zero-order valence-electron chi connectivity index (χ0n) is 9.03. The fourth-order valence-corrected chi connectivity index (χ4v) is 1.89. The molecule has 7 heteroatoms. The van der Waals surface area contributed by atoms with E-state index in [9.17, 15) is 4.79 Å². The maximum absolute atomic E-state index is 11.3. The lowest BCUT2D eigenvalue weighted by Gasteiger charge is -2.18. The first-order valence-electron chi connectivity index (χ1n) is 4.28. The van der Waals surface area contributed by atoms with Gasteiger partial charge in [-0.05, 0) is 27.0 Å². The second-order valence-corrected chi connectivity index (χ2v) is 5.74. The van der Waals surface area contributed by atoms with Crippen molar-refractivity contribution in [1.82, 2.24) is 10.2 Å².